The summed E-state index contributed by atoms with van der Waals surface area (Å²) in [7, 11) is 0. The van der Waals surface area contributed by atoms with Crippen molar-refractivity contribution in [2.45, 2.75) is 0 Å². The van der Waals surface area contributed by atoms with E-state index in [0.29, 0.717) is 10.5 Å². The average molecular weight is 127 g/mol. The highest BCUT2D eigenvalue weighted by Crippen LogP contribution is 1.90. The second kappa shape index (κ2) is 1.92. The lowest BCUT2D eigenvalue weighted by molar-refractivity contribution is 1.16. The van der Waals surface area contributed by atoms with Crippen LogP contribution in [0.15, 0.2) is 12.4 Å². The molecule has 4 heteroatoms. The molecule has 0 saturated heterocycles. The smallest absolute Gasteiger partial charge is 0.128 e. The van der Waals surface area contributed by atoms with E-state index in [-0.39, 0.29) is 0 Å². The van der Waals surface area contributed by atoms with Crippen molar-refractivity contribution < 1.29 is 0 Å². The fourth-order valence-corrected chi connectivity index (χ4v) is 0.557. The van der Waals surface area contributed by atoms with E-state index < -0.39 is 0 Å². The molecule has 0 fully saturated rings. The highest BCUT2D eigenvalue weighted by molar-refractivity contribution is 7.71. The van der Waals surface area contributed by atoms with E-state index in [0.717, 1.165) is 0 Å². The summed E-state index contributed by atoms with van der Waals surface area (Å²) < 4.78 is 0.609. The van der Waals surface area contributed by atoms with Gasteiger partial charge in [0, 0.05) is 6.07 Å². The molecule has 0 aliphatic rings. The highest BCUT2D eigenvalue weighted by Gasteiger charge is 1.78. The fraction of sp³-hybridized carbons (Fsp3) is 0. The third-order valence-corrected chi connectivity index (χ3v) is 0.935. The van der Waals surface area contributed by atoms with Gasteiger partial charge in [-0.2, -0.15) is 0 Å². The number of hydrogen-bond donors (Lipinski definition) is 2. The number of aromatic nitrogens is 2. The Balaban J connectivity index is 3.28. The van der Waals surface area contributed by atoms with E-state index in [2.05, 4.69) is 9.97 Å². The van der Waals surface area contributed by atoms with Gasteiger partial charge in [0.25, 0.3) is 0 Å². The molecule has 1 rings (SSSR count). The number of nitrogens with two attached hydrogens (primary N) is 1. The minimum absolute atomic E-state index is 0.453. The molecule has 42 valence electrons. The predicted octanol–water partition coefficient (Wildman–Crippen LogP) is 0.721. The number of hydrogen-bond acceptors (Lipinski definition) is 3. The summed E-state index contributed by atoms with van der Waals surface area (Å²) in [5.41, 5.74) is 5.26. The monoisotopic (exact) mass is 127 g/mol. The van der Waals surface area contributed by atoms with Gasteiger partial charge in [-0.05, 0) is 0 Å². The normalized spacial score (nSPS) is 9.00. The van der Waals surface area contributed by atoms with Crippen molar-refractivity contribution in [1.29, 1.82) is 0 Å². The van der Waals surface area contributed by atoms with Gasteiger partial charge in [-0.3, -0.25) is 0 Å². The van der Waals surface area contributed by atoms with Crippen LogP contribution in [-0.4, -0.2) is 9.97 Å². The number of nitrogens with one attached hydrogen (secondary N) is 1. The molecular formula is C4H5N3S. The van der Waals surface area contributed by atoms with E-state index in [4.69, 9.17) is 18.0 Å². The number of nitrogen functional groups attached to an aromatic ring is 1. The standard InChI is InChI=1S/C4H5N3S/c5-3-1-4(8)7-2-6-3/h1-2H,(H3,5,6,7,8). The Morgan fingerprint density at radius 3 is 2.88 bits per heavy atom. The van der Waals surface area contributed by atoms with Crippen LogP contribution in [0.25, 0.3) is 0 Å². The molecule has 0 bridgehead atoms. The van der Waals surface area contributed by atoms with Crippen LogP contribution in [0, 0.1) is 4.64 Å². The number of aromatic amines is 1. The van der Waals surface area contributed by atoms with Crippen LogP contribution in [0.5, 0.6) is 0 Å². The first-order chi connectivity index (χ1) is 3.79. The molecule has 0 unspecified atom stereocenters. The molecule has 3 N–H and O–H groups in total. The minimum Gasteiger partial charge on any atom is -0.384 e. The third kappa shape index (κ3) is 1.04. The van der Waals surface area contributed by atoms with Crippen LogP contribution in [0.3, 0.4) is 0 Å². The first-order valence-corrected chi connectivity index (χ1v) is 2.50. The quantitative estimate of drug-likeness (QED) is 0.505. The lowest BCUT2D eigenvalue weighted by atomic mass is 10.6. The van der Waals surface area contributed by atoms with Crippen LogP contribution < -0.4 is 5.73 Å². The molecule has 3 nitrogen and oxygen atoms in total. The largest absolute Gasteiger partial charge is 0.384 e. The van der Waals surface area contributed by atoms with E-state index in [1.54, 1.807) is 6.07 Å². The summed E-state index contributed by atoms with van der Waals surface area (Å²) in [4.78, 5) is 6.39. The Morgan fingerprint density at radius 2 is 2.50 bits per heavy atom. The SMILES string of the molecule is Nc1cc(=S)[nH]cn1. The molecule has 0 aliphatic carbocycles. The third-order valence-electron chi connectivity index (χ3n) is 0.699. The topological polar surface area (TPSA) is 54.7 Å². The maximum Gasteiger partial charge on any atom is 0.128 e. The Hall–Kier alpha value is -0.900. The summed E-state index contributed by atoms with van der Waals surface area (Å²) in [6.07, 6.45) is 1.47. The molecule has 1 heterocycles. The van der Waals surface area contributed by atoms with Crippen LogP contribution in [0.2, 0.25) is 0 Å². The Labute approximate surface area is 51.6 Å². The van der Waals surface area contributed by atoms with Gasteiger partial charge in [0.05, 0.1) is 6.33 Å². The summed E-state index contributed by atoms with van der Waals surface area (Å²) in [5, 5.41) is 0. The lowest BCUT2D eigenvalue weighted by Gasteiger charge is -1.85. The van der Waals surface area contributed by atoms with Crippen LogP contribution in [0.1, 0.15) is 0 Å². The van der Waals surface area contributed by atoms with Gasteiger partial charge in [-0.15, -0.1) is 0 Å². The van der Waals surface area contributed by atoms with Crippen LogP contribution in [0.4, 0.5) is 5.82 Å². The highest BCUT2D eigenvalue weighted by atomic mass is 32.1. The molecule has 0 aliphatic heterocycles. The van der Waals surface area contributed by atoms with Crippen molar-refractivity contribution in [3.63, 3.8) is 0 Å². The molecule has 0 spiro atoms. The molecule has 1 aromatic rings. The molecule has 0 amide bonds. The van der Waals surface area contributed by atoms with Crippen molar-refractivity contribution in [1.82, 2.24) is 9.97 Å². The Bertz CT molecular complexity index is 229. The fourth-order valence-electron chi connectivity index (χ4n) is 0.384. The maximum atomic E-state index is 5.26. The Kier molecular flexibility index (Phi) is 1.26. The molecule has 0 radical (unpaired) electrons. The zero-order valence-electron chi connectivity index (χ0n) is 4.09. The van der Waals surface area contributed by atoms with Gasteiger partial charge in [0.15, 0.2) is 0 Å². The van der Waals surface area contributed by atoms with Gasteiger partial charge < -0.3 is 10.7 Å². The zero-order valence-corrected chi connectivity index (χ0v) is 4.90. The Morgan fingerprint density at radius 1 is 1.75 bits per heavy atom. The number of nitrogens with zero attached hydrogens (tertiary/aromatic N) is 1. The molecule has 0 atom stereocenters. The van der Waals surface area contributed by atoms with Gasteiger partial charge in [-0.1, -0.05) is 12.2 Å². The molecule has 0 saturated carbocycles. The second-order valence-electron chi connectivity index (χ2n) is 1.34. The lowest BCUT2D eigenvalue weighted by Crippen LogP contribution is -1.88. The van der Waals surface area contributed by atoms with E-state index in [1.807, 2.05) is 0 Å². The predicted molar refractivity (Wildman–Crippen MR) is 33.8 cm³/mol. The van der Waals surface area contributed by atoms with E-state index >= 15 is 0 Å². The first kappa shape index (κ1) is 5.24. The van der Waals surface area contributed by atoms with Crippen molar-refractivity contribution in [2.75, 3.05) is 5.73 Å². The molecular weight excluding hydrogens is 122 g/mol. The number of rotatable bonds is 0. The first-order valence-electron chi connectivity index (χ1n) is 2.09. The van der Waals surface area contributed by atoms with Crippen molar-refractivity contribution in [3.05, 3.63) is 17.0 Å². The van der Waals surface area contributed by atoms with Crippen LogP contribution in [-0.2, 0) is 0 Å². The summed E-state index contributed by atoms with van der Waals surface area (Å²) >= 11 is 4.72. The van der Waals surface area contributed by atoms with Crippen molar-refractivity contribution in [3.8, 4) is 0 Å². The zero-order chi connectivity index (χ0) is 5.98. The van der Waals surface area contributed by atoms with Crippen molar-refractivity contribution in [2.24, 2.45) is 0 Å². The number of H-pyrrole nitrogens is 1. The molecule has 0 aromatic carbocycles. The van der Waals surface area contributed by atoms with Crippen LogP contribution >= 0.6 is 12.2 Å². The minimum atomic E-state index is 0.453. The number of anilines is 1. The van der Waals surface area contributed by atoms with E-state index in [1.165, 1.54) is 6.33 Å². The van der Waals surface area contributed by atoms with E-state index in [9.17, 15) is 0 Å². The van der Waals surface area contributed by atoms with Gasteiger partial charge >= 0.3 is 0 Å². The van der Waals surface area contributed by atoms with Gasteiger partial charge in [-0.25, -0.2) is 4.98 Å². The molecule has 1 aromatic heterocycles. The second-order valence-corrected chi connectivity index (χ2v) is 1.78. The molecule has 8 heavy (non-hydrogen) atoms. The average Bonchev–Trinajstić information content (AvgIpc) is 1.64. The van der Waals surface area contributed by atoms with Crippen molar-refractivity contribution >= 4 is 18.0 Å². The van der Waals surface area contributed by atoms with Gasteiger partial charge in [0.2, 0.25) is 0 Å². The summed E-state index contributed by atoms with van der Waals surface area (Å²) in [6, 6.07) is 1.59. The maximum absolute atomic E-state index is 5.26. The summed E-state index contributed by atoms with van der Waals surface area (Å²) in [5.74, 6) is 0.453. The summed E-state index contributed by atoms with van der Waals surface area (Å²) in [6.45, 7) is 0. The van der Waals surface area contributed by atoms with Gasteiger partial charge in [0.1, 0.15) is 10.5 Å².